The second kappa shape index (κ2) is 16.0. The molecule has 0 radical (unpaired) electrons. The van der Waals surface area contributed by atoms with Gasteiger partial charge in [0.05, 0.1) is 20.3 Å². The zero-order valence-electron chi connectivity index (χ0n) is 26.1. The fraction of sp³-hybridized carbons (Fsp3) is 0.361. The molecule has 1 heterocycles. The van der Waals surface area contributed by atoms with E-state index >= 15 is 0 Å². The minimum absolute atomic E-state index is 0.0145. The van der Waals surface area contributed by atoms with E-state index in [4.69, 9.17) is 14.2 Å². The van der Waals surface area contributed by atoms with E-state index in [2.05, 4.69) is 72.5 Å². The predicted molar refractivity (Wildman–Crippen MR) is 172 cm³/mol. The van der Waals surface area contributed by atoms with Crippen molar-refractivity contribution in [3.05, 3.63) is 113 Å². The molecular formula is C36H45N3O4. The third-order valence-electron chi connectivity index (χ3n) is 7.54. The number of methoxy groups -OCH3 is 2. The van der Waals surface area contributed by atoms with Crippen molar-refractivity contribution < 1.29 is 19.0 Å². The molecule has 1 N–H and O–H groups in total. The average Bonchev–Trinajstić information content (AvgIpc) is 3.37. The first-order valence-corrected chi connectivity index (χ1v) is 14.9. The van der Waals surface area contributed by atoms with Gasteiger partial charge in [0.25, 0.3) is 5.91 Å². The fourth-order valence-corrected chi connectivity index (χ4v) is 5.04. The van der Waals surface area contributed by atoms with Crippen LogP contribution >= 0.6 is 0 Å². The van der Waals surface area contributed by atoms with Crippen LogP contribution in [0.3, 0.4) is 0 Å². The van der Waals surface area contributed by atoms with Crippen LogP contribution in [0.4, 0.5) is 0 Å². The van der Waals surface area contributed by atoms with Gasteiger partial charge in [-0.2, -0.15) is 0 Å². The molecule has 1 aliphatic rings. The molecule has 0 bridgehead atoms. The molecule has 7 heteroatoms. The summed E-state index contributed by atoms with van der Waals surface area (Å²) in [7, 11) is 3.35. The van der Waals surface area contributed by atoms with E-state index in [0.717, 1.165) is 43.2 Å². The summed E-state index contributed by atoms with van der Waals surface area (Å²) in [5.41, 5.74) is 5.64. The van der Waals surface area contributed by atoms with Crippen LogP contribution in [0.1, 0.15) is 55.1 Å². The molecule has 0 aromatic heterocycles. The number of allylic oxidation sites excluding steroid dienone is 3. The maximum atomic E-state index is 13.2. The Bertz CT molecular complexity index is 1300. The van der Waals surface area contributed by atoms with E-state index in [0.29, 0.717) is 25.3 Å². The van der Waals surface area contributed by atoms with E-state index in [1.54, 1.807) is 14.2 Å². The first-order valence-electron chi connectivity index (χ1n) is 14.9. The molecular weight excluding hydrogens is 538 g/mol. The van der Waals surface area contributed by atoms with Crippen molar-refractivity contribution in [2.45, 2.75) is 52.7 Å². The average molecular weight is 584 g/mol. The molecule has 3 aromatic rings. The maximum Gasteiger partial charge on any atom is 0.251 e. The summed E-state index contributed by atoms with van der Waals surface area (Å²) in [4.78, 5) is 13.2. The number of rotatable bonds is 14. The normalized spacial score (nSPS) is 14.4. The highest BCUT2D eigenvalue weighted by Crippen LogP contribution is 2.22. The lowest BCUT2D eigenvalue weighted by Gasteiger charge is -2.28. The number of benzene rings is 3. The van der Waals surface area contributed by atoms with Crippen molar-refractivity contribution >= 4 is 5.91 Å². The summed E-state index contributed by atoms with van der Waals surface area (Å²) >= 11 is 0. The van der Waals surface area contributed by atoms with Gasteiger partial charge >= 0.3 is 0 Å². The monoisotopic (exact) mass is 583 g/mol. The summed E-state index contributed by atoms with van der Waals surface area (Å²) in [5.74, 6) is 2.34. The Labute approximate surface area is 256 Å². The van der Waals surface area contributed by atoms with Gasteiger partial charge in [-0.1, -0.05) is 41.5 Å². The summed E-state index contributed by atoms with van der Waals surface area (Å²) in [6.45, 7) is 9.80. The van der Waals surface area contributed by atoms with Crippen molar-refractivity contribution in [3.8, 4) is 17.2 Å². The lowest BCUT2D eigenvalue weighted by molar-refractivity contribution is 0.0109. The second-order valence-corrected chi connectivity index (χ2v) is 11.3. The number of amides is 1. The van der Waals surface area contributed by atoms with Crippen LogP contribution in [-0.4, -0.2) is 55.9 Å². The van der Waals surface area contributed by atoms with Crippen molar-refractivity contribution in [2.24, 2.45) is 0 Å². The van der Waals surface area contributed by atoms with Gasteiger partial charge in [-0.05, 0) is 99.3 Å². The molecule has 1 fully saturated rings. The van der Waals surface area contributed by atoms with E-state index in [1.165, 1.54) is 22.3 Å². The molecule has 0 saturated carbocycles. The first kappa shape index (κ1) is 31.9. The molecule has 1 saturated heterocycles. The molecule has 4 rings (SSSR count). The minimum Gasteiger partial charge on any atom is -0.497 e. The predicted octanol–water partition coefficient (Wildman–Crippen LogP) is 6.81. The Kier molecular flexibility index (Phi) is 11.8. The van der Waals surface area contributed by atoms with Crippen LogP contribution in [0, 0.1) is 0 Å². The largest absolute Gasteiger partial charge is 0.497 e. The molecule has 0 aliphatic carbocycles. The van der Waals surface area contributed by atoms with Gasteiger partial charge in [0, 0.05) is 31.7 Å². The van der Waals surface area contributed by atoms with Gasteiger partial charge in [0.1, 0.15) is 23.9 Å². The number of nitrogens with zero attached hydrogens (tertiary/aromatic N) is 2. The fourth-order valence-electron chi connectivity index (χ4n) is 5.04. The Hall–Kier alpha value is -4.07. The van der Waals surface area contributed by atoms with Gasteiger partial charge in [-0.15, -0.1) is 0 Å². The van der Waals surface area contributed by atoms with Gasteiger partial charge in [0.2, 0.25) is 0 Å². The van der Waals surface area contributed by atoms with E-state index in [-0.39, 0.29) is 11.9 Å². The van der Waals surface area contributed by atoms with Crippen LogP contribution in [-0.2, 0) is 13.1 Å². The van der Waals surface area contributed by atoms with Gasteiger partial charge in [0.15, 0.2) is 0 Å². The Morgan fingerprint density at radius 1 is 0.767 bits per heavy atom. The smallest absolute Gasteiger partial charge is 0.251 e. The molecule has 1 amide bonds. The number of hydrogen-bond donors (Lipinski definition) is 1. The van der Waals surface area contributed by atoms with Crippen molar-refractivity contribution in [1.29, 1.82) is 0 Å². The highest BCUT2D eigenvalue weighted by atomic mass is 16.5. The van der Waals surface area contributed by atoms with Gasteiger partial charge in [-0.25, -0.2) is 10.0 Å². The second-order valence-electron chi connectivity index (χ2n) is 11.3. The third kappa shape index (κ3) is 10.0. The first-order chi connectivity index (χ1) is 20.8. The zero-order chi connectivity index (χ0) is 30.6. The molecule has 0 spiro atoms. The van der Waals surface area contributed by atoms with Crippen LogP contribution in [0.2, 0.25) is 0 Å². The zero-order valence-corrected chi connectivity index (χ0v) is 26.1. The van der Waals surface area contributed by atoms with Gasteiger partial charge < -0.3 is 19.5 Å². The van der Waals surface area contributed by atoms with E-state index in [9.17, 15) is 4.79 Å². The molecule has 0 atom stereocenters. The van der Waals surface area contributed by atoms with Crippen LogP contribution in [0.25, 0.3) is 0 Å². The number of ether oxygens (including phenoxy) is 3. The summed E-state index contributed by atoms with van der Waals surface area (Å²) in [5, 5.41) is 7.87. The van der Waals surface area contributed by atoms with Crippen LogP contribution < -0.4 is 19.5 Å². The third-order valence-corrected chi connectivity index (χ3v) is 7.54. The minimum atomic E-state index is -0.0812. The highest BCUT2D eigenvalue weighted by Gasteiger charge is 2.31. The van der Waals surface area contributed by atoms with Crippen molar-refractivity contribution in [2.75, 3.05) is 33.9 Å². The number of carbonyl (C=O) groups is 1. The molecule has 3 aromatic carbocycles. The molecule has 228 valence electrons. The molecule has 43 heavy (non-hydrogen) atoms. The Morgan fingerprint density at radius 2 is 1.28 bits per heavy atom. The van der Waals surface area contributed by atoms with E-state index < -0.39 is 0 Å². The number of nitrogens with one attached hydrogen (secondary N) is 1. The van der Waals surface area contributed by atoms with Crippen LogP contribution in [0.15, 0.2) is 96.1 Å². The van der Waals surface area contributed by atoms with Crippen molar-refractivity contribution in [1.82, 2.24) is 15.3 Å². The van der Waals surface area contributed by atoms with Crippen LogP contribution in [0.5, 0.6) is 17.2 Å². The maximum absolute atomic E-state index is 13.2. The number of hydrogen-bond acceptors (Lipinski definition) is 6. The van der Waals surface area contributed by atoms with Crippen molar-refractivity contribution in [3.63, 3.8) is 0 Å². The summed E-state index contributed by atoms with van der Waals surface area (Å²) in [6.07, 6.45) is 6.46. The quantitative estimate of drug-likeness (QED) is 0.211. The number of carbonyl (C=O) groups excluding carboxylic acids is 1. The lowest BCUT2D eigenvalue weighted by Crippen LogP contribution is -2.38. The topological polar surface area (TPSA) is 63.3 Å². The number of hydrazine groups is 1. The summed E-state index contributed by atoms with van der Waals surface area (Å²) in [6, 6.07) is 23.6. The highest BCUT2D eigenvalue weighted by molar-refractivity contribution is 5.94. The standard InChI is InChI=1S/C36H45N3O4/c1-27(2)7-6-8-28(3)21-22-43-35-19-13-31(14-20-35)36(40)37-32-25-38(23-29-9-15-33(41-4)16-10-29)39(26-32)24-30-11-17-34(42-5)18-12-30/h7,9-21,32H,6,8,22-26H2,1-5H3,(H,37,40)/b28-21+. The van der Waals surface area contributed by atoms with Gasteiger partial charge in [-0.3, -0.25) is 4.79 Å². The molecule has 0 unspecified atom stereocenters. The Balaban J connectivity index is 1.34. The lowest BCUT2D eigenvalue weighted by atomic mass is 10.1. The Morgan fingerprint density at radius 3 is 1.77 bits per heavy atom. The molecule has 1 aliphatic heterocycles. The summed E-state index contributed by atoms with van der Waals surface area (Å²) < 4.78 is 16.5. The SMILES string of the molecule is COc1ccc(CN2CC(NC(=O)c3ccc(OC/C=C(\C)CCC=C(C)C)cc3)CN2Cc2ccc(OC)cc2)cc1. The molecule has 7 nitrogen and oxygen atoms in total. The van der Waals surface area contributed by atoms with E-state index in [1.807, 2.05) is 48.5 Å².